The molecule has 94 valence electrons. The van der Waals surface area contributed by atoms with E-state index in [4.69, 9.17) is 17.3 Å². The summed E-state index contributed by atoms with van der Waals surface area (Å²) in [6, 6.07) is 7.11. The van der Waals surface area contributed by atoms with Crippen LogP contribution in [0.5, 0.6) is 0 Å². The number of amides is 1. The molecule has 0 heterocycles. The average Bonchev–Trinajstić information content (AvgIpc) is 2.30. The van der Waals surface area contributed by atoms with Gasteiger partial charge in [0.25, 0.3) is 0 Å². The molecule has 0 aliphatic rings. The molecule has 1 rings (SSSR count). The van der Waals surface area contributed by atoms with Gasteiger partial charge in [-0.05, 0) is 49.6 Å². The van der Waals surface area contributed by atoms with Crippen molar-refractivity contribution in [3.8, 4) is 0 Å². The monoisotopic (exact) mass is 254 g/mol. The Balaban J connectivity index is 2.32. The summed E-state index contributed by atoms with van der Waals surface area (Å²) in [6.07, 6.45) is 2.37. The Bertz CT molecular complexity index is 351. The molecule has 1 aromatic rings. The van der Waals surface area contributed by atoms with Crippen LogP contribution in [0.25, 0.3) is 0 Å². The van der Waals surface area contributed by atoms with Crippen LogP contribution in [0.1, 0.15) is 26.2 Å². The quantitative estimate of drug-likeness (QED) is 0.820. The molecule has 1 amide bonds. The maximum atomic E-state index is 11.6. The number of anilines is 1. The molecule has 0 radical (unpaired) electrons. The molecule has 0 fully saturated rings. The van der Waals surface area contributed by atoms with Crippen LogP contribution in [0.4, 0.5) is 5.69 Å². The molecule has 1 unspecified atom stereocenters. The summed E-state index contributed by atoms with van der Waals surface area (Å²) < 4.78 is 0. The van der Waals surface area contributed by atoms with Crippen LogP contribution < -0.4 is 11.1 Å². The number of hydrogen-bond acceptors (Lipinski definition) is 2. The number of rotatable bonds is 6. The molecule has 0 aliphatic carbocycles. The summed E-state index contributed by atoms with van der Waals surface area (Å²) in [7, 11) is 0. The van der Waals surface area contributed by atoms with E-state index in [1.165, 1.54) is 0 Å². The highest BCUT2D eigenvalue weighted by atomic mass is 35.5. The molecule has 17 heavy (non-hydrogen) atoms. The minimum atomic E-state index is 0.0381. The van der Waals surface area contributed by atoms with E-state index >= 15 is 0 Å². The second-order valence-corrected chi connectivity index (χ2v) is 4.71. The normalized spacial score (nSPS) is 12.2. The molecular formula is C13H19ClN2O. The molecule has 3 N–H and O–H groups in total. The first-order valence-corrected chi connectivity index (χ1v) is 6.25. The van der Waals surface area contributed by atoms with Crippen molar-refractivity contribution in [2.24, 2.45) is 11.7 Å². The van der Waals surface area contributed by atoms with E-state index in [-0.39, 0.29) is 5.91 Å². The number of carbonyl (C=O) groups excluding carboxylic acids is 1. The van der Waals surface area contributed by atoms with Gasteiger partial charge >= 0.3 is 0 Å². The van der Waals surface area contributed by atoms with Crippen molar-refractivity contribution in [3.63, 3.8) is 0 Å². The lowest BCUT2D eigenvalue weighted by Gasteiger charge is -2.09. The highest BCUT2D eigenvalue weighted by molar-refractivity contribution is 6.30. The van der Waals surface area contributed by atoms with Gasteiger partial charge in [0.2, 0.25) is 5.91 Å². The highest BCUT2D eigenvalue weighted by Gasteiger charge is 2.06. The van der Waals surface area contributed by atoms with Crippen LogP contribution in [0.15, 0.2) is 24.3 Å². The third-order valence-corrected chi connectivity index (χ3v) is 2.90. The van der Waals surface area contributed by atoms with Gasteiger partial charge in [0.15, 0.2) is 0 Å². The lowest BCUT2D eigenvalue weighted by molar-refractivity contribution is -0.116. The zero-order valence-electron chi connectivity index (χ0n) is 10.1. The van der Waals surface area contributed by atoms with Gasteiger partial charge < -0.3 is 11.1 Å². The van der Waals surface area contributed by atoms with Gasteiger partial charge in [-0.15, -0.1) is 0 Å². The van der Waals surface area contributed by atoms with Gasteiger partial charge in [-0.25, -0.2) is 0 Å². The highest BCUT2D eigenvalue weighted by Crippen LogP contribution is 2.15. The van der Waals surface area contributed by atoms with Crippen LogP contribution in [-0.4, -0.2) is 12.5 Å². The summed E-state index contributed by atoms with van der Waals surface area (Å²) in [5, 5.41) is 3.50. The number of hydrogen-bond donors (Lipinski definition) is 2. The van der Waals surface area contributed by atoms with Gasteiger partial charge in [-0.3, -0.25) is 4.79 Å². The van der Waals surface area contributed by atoms with Crippen LogP contribution in [0.3, 0.4) is 0 Å². The average molecular weight is 255 g/mol. The van der Waals surface area contributed by atoms with E-state index in [1.54, 1.807) is 24.3 Å². The van der Waals surface area contributed by atoms with Crippen molar-refractivity contribution in [2.75, 3.05) is 11.9 Å². The Morgan fingerprint density at radius 3 is 2.59 bits per heavy atom. The molecule has 0 saturated heterocycles. The predicted molar refractivity (Wildman–Crippen MR) is 72.2 cm³/mol. The zero-order chi connectivity index (χ0) is 12.7. The largest absolute Gasteiger partial charge is 0.330 e. The Kier molecular flexibility index (Phi) is 6.01. The van der Waals surface area contributed by atoms with Crippen molar-refractivity contribution in [1.82, 2.24) is 0 Å². The molecule has 1 aromatic carbocycles. The van der Waals surface area contributed by atoms with Crippen LogP contribution >= 0.6 is 11.6 Å². The number of nitrogens with two attached hydrogens (primary N) is 1. The topological polar surface area (TPSA) is 55.1 Å². The Hall–Kier alpha value is -1.06. The Morgan fingerprint density at radius 2 is 2.00 bits per heavy atom. The first kappa shape index (κ1) is 14.0. The first-order chi connectivity index (χ1) is 8.11. The maximum absolute atomic E-state index is 11.6. The fourth-order valence-electron chi connectivity index (χ4n) is 1.56. The SMILES string of the molecule is CC(CCN)CCC(=O)Nc1ccc(Cl)cc1. The third-order valence-electron chi connectivity index (χ3n) is 2.65. The lowest BCUT2D eigenvalue weighted by atomic mass is 10.0. The van der Waals surface area contributed by atoms with E-state index in [0.29, 0.717) is 23.9 Å². The summed E-state index contributed by atoms with van der Waals surface area (Å²) in [4.78, 5) is 11.6. The van der Waals surface area contributed by atoms with Crippen LogP contribution in [0, 0.1) is 5.92 Å². The maximum Gasteiger partial charge on any atom is 0.224 e. The van der Waals surface area contributed by atoms with E-state index in [2.05, 4.69) is 12.2 Å². The molecule has 0 bridgehead atoms. The van der Waals surface area contributed by atoms with E-state index in [9.17, 15) is 4.79 Å². The molecule has 0 aromatic heterocycles. The van der Waals surface area contributed by atoms with Gasteiger partial charge in [0.05, 0.1) is 0 Å². The summed E-state index contributed by atoms with van der Waals surface area (Å²) in [6.45, 7) is 2.79. The predicted octanol–water partition coefficient (Wildman–Crippen LogP) is 3.04. The minimum Gasteiger partial charge on any atom is -0.330 e. The standard InChI is InChI=1S/C13H19ClN2O/c1-10(8-9-15)2-7-13(17)16-12-5-3-11(14)4-6-12/h3-6,10H,2,7-9,15H2,1H3,(H,16,17). The van der Waals surface area contributed by atoms with E-state index in [0.717, 1.165) is 18.5 Å². The number of halogens is 1. The van der Waals surface area contributed by atoms with Crippen molar-refractivity contribution in [2.45, 2.75) is 26.2 Å². The molecule has 0 saturated carbocycles. The van der Waals surface area contributed by atoms with Gasteiger partial charge in [0.1, 0.15) is 0 Å². The Labute approximate surface area is 107 Å². The fraction of sp³-hybridized carbons (Fsp3) is 0.462. The fourth-order valence-corrected chi connectivity index (χ4v) is 1.69. The second kappa shape index (κ2) is 7.30. The molecule has 1 atom stereocenters. The minimum absolute atomic E-state index is 0.0381. The number of carbonyl (C=O) groups is 1. The van der Waals surface area contributed by atoms with Crippen molar-refractivity contribution < 1.29 is 4.79 Å². The lowest BCUT2D eigenvalue weighted by Crippen LogP contribution is -2.13. The van der Waals surface area contributed by atoms with E-state index in [1.807, 2.05) is 0 Å². The third kappa shape index (κ3) is 5.71. The second-order valence-electron chi connectivity index (χ2n) is 4.28. The zero-order valence-corrected chi connectivity index (χ0v) is 10.8. The van der Waals surface area contributed by atoms with Crippen molar-refractivity contribution >= 4 is 23.2 Å². The van der Waals surface area contributed by atoms with Crippen molar-refractivity contribution in [1.29, 1.82) is 0 Å². The van der Waals surface area contributed by atoms with Crippen LogP contribution in [0.2, 0.25) is 5.02 Å². The number of nitrogens with one attached hydrogen (secondary N) is 1. The first-order valence-electron chi connectivity index (χ1n) is 5.87. The van der Waals surface area contributed by atoms with Gasteiger partial charge in [-0.2, -0.15) is 0 Å². The summed E-state index contributed by atoms with van der Waals surface area (Å²) in [5.41, 5.74) is 6.24. The molecule has 0 aliphatic heterocycles. The van der Waals surface area contributed by atoms with Gasteiger partial charge in [-0.1, -0.05) is 18.5 Å². The summed E-state index contributed by atoms with van der Waals surface area (Å²) >= 11 is 5.76. The number of benzene rings is 1. The Morgan fingerprint density at radius 1 is 1.35 bits per heavy atom. The van der Waals surface area contributed by atoms with Gasteiger partial charge in [0, 0.05) is 17.1 Å². The van der Waals surface area contributed by atoms with E-state index < -0.39 is 0 Å². The molecule has 0 spiro atoms. The van der Waals surface area contributed by atoms with Crippen LogP contribution in [-0.2, 0) is 4.79 Å². The molecular weight excluding hydrogens is 236 g/mol. The van der Waals surface area contributed by atoms with Crippen molar-refractivity contribution in [3.05, 3.63) is 29.3 Å². The molecule has 4 heteroatoms. The smallest absolute Gasteiger partial charge is 0.224 e. The molecule has 3 nitrogen and oxygen atoms in total. The summed E-state index contributed by atoms with van der Waals surface area (Å²) in [5.74, 6) is 0.534.